The Labute approximate surface area is 179 Å². The first-order valence-electron chi connectivity index (χ1n) is 10.3. The lowest BCUT2D eigenvalue weighted by molar-refractivity contribution is -0.123. The largest absolute Gasteiger partial charge is 0.369 e. The van der Waals surface area contributed by atoms with Gasteiger partial charge in [0.2, 0.25) is 11.8 Å². The summed E-state index contributed by atoms with van der Waals surface area (Å²) in [5.74, 6) is -0.602. The van der Waals surface area contributed by atoms with Gasteiger partial charge in [0.05, 0.1) is 23.1 Å². The third-order valence-corrected chi connectivity index (χ3v) is 5.61. The van der Waals surface area contributed by atoms with E-state index in [2.05, 4.69) is 15.2 Å². The fourth-order valence-electron chi connectivity index (χ4n) is 4.01. The molecule has 0 saturated carbocycles. The lowest BCUT2D eigenvalue weighted by Crippen LogP contribution is -2.40. The van der Waals surface area contributed by atoms with Gasteiger partial charge in [-0.1, -0.05) is 24.3 Å². The molecule has 2 aromatic carbocycles. The van der Waals surface area contributed by atoms with E-state index >= 15 is 0 Å². The molecule has 1 atom stereocenters. The van der Waals surface area contributed by atoms with Gasteiger partial charge in [0.1, 0.15) is 6.54 Å². The van der Waals surface area contributed by atoms with Crippen LogP contribution in [0, 0.1) is 5.92 Å². The molecule has 0 radical (unpaired) electrons. The summed E-state index contributed by atoms with van der Waals surface area (Å²) in [6.45, 7) is 2.27. The number of amides is 2. The molecule has 8 heteroatoms. The van der Waals surface area contributed by atoms with Crippen LogP contribution >= 0.6 is 0 Å². The molecule has 0 aliphatic carbocycles. The maximum absolute atomic E-state index is 12.5. The number of anilines is 1. The van der Waals surface area contributed by atoms with Crippen molar-refractivity contribution in [2.75, 3.05) is 18.4 Å². The Morgan fingerprint density at radius 3 is 2.68 bits per heavy atom. The Balaban J connectivity index is 1.38. The van der Waals surface area contributed by atoms with E-state index in [9.17, 15) is 14.4 Å². The topological polar surface area (TPSA) is 110 Å². The van der Waals surface area contributed by atoms with E-state index in [0.717, 1.165) is 31.5 Å². The van der Waals surface area contributed by atoms with Crippen LogP contribution in [0.5, 0.6) is 0 Å². The third-order valence-electron chi connectivity index (χ3n) is 5.61. The third kappa shape index (κ3) is 4.97. The summed E-state index contributed by atoms with van der Waals surface area (Å²) >= 11 is 0. The second-order valence-corrected chi connectivity index (χ2v) is 7.89. The van der Waals surface area contributed by atoms with Crippen molar-refractivity contribution in [1.29, 1.82) is 0 Å². The van der Waals surface area contributed by atoms with E-state index < -0.39 is 0 Å². The highest BCUT2D eigenvalue weighted by Gasteiger charge is 2.23. The van der Waals surface area contributed by atoms with E-state index in [0.29, 0.717) is 23.3 Å². The Morgan fingerprint density at radius 1 is 1.13 bits per heavy atom. The van der Waals surface area contributed by atoms with Gasteiger partial charge in [-0.3, -0.25) is 23.9 Å². The molecule has 160 valence electrons. The monoisotopic (exact) mass is 419 g/mol. The zero-order valence-electron chi connectivity index (χ0n) is 17.2. The molecule has 0 spiro atoms. The zero-order valence-corrected chi connectivity index (χ0v) is 17.2. The van der Waals surface area contributed by atoms with Gasteiger partial charge in [0.25, 0.3) is 5.56 Å². The van der Waals surface area contributed by atoms with Crippen molar-refractivity contribution in [3.8, 4) is 0 Å². The van der Waals surface area contributed by atoms with Gasteiger partial charge in [0, 0.05) is 18.8 Å². The number of carbonyl (C=O) groups is 2. The Hall–Kier alpha value is -3.52. The minimum atomic E-state index is -0.319. The van der Waals surface area contributed by atoms with Crippen molar-refractivity contribution in [2.45, 2.75) is 25.9 Å². The molecule has 31 heavy (non-hydrogen) atoms. The number of piperidine rings is 1. The highest BCUT2D eigenvalue weighted by molar-refractivity contribution is 5.91. The van der Waals surface area contributed by atoms with Crippen molar-refractivity contribution in [3.63, 3.8) is 0 Å². The first kappa shape index (κ1) is 20.7. The first-order valence-corrected chi connectivity index (χ1v) is 10.3. The molecule has 1 aromatic heterocycles. The molecule has 4 rings (SSSR count). The number of nitrogens with zero attached hydrogens (tertiary/aromatic N) is 3. The molecule has 1 aliphatic heterocycles. The normalized spacial score (nSPS) is 16.8. The molecule has 1 unspecified atom stereocenters. The van der Waals surface area contributed by atoms with Gasteiger partial charge in [0.15, 0.2) is 0 Å². The molecule has 0 bridgehead atoms. The number of para-hydroxylation sites is 2. The molecule has 1 saturated heterocycles. The summed E-state index contributed by atoms with van der Waals surface area (Å²) in [5.41, 5.74) is 8.18. The van der Waals surface area contributed by atoms with Gasteiger partial charge in [-0.2, -0.15) is 0 Å². The summed E-state index contributed by atoms with van der Waals surface area (Å²) in [6.07, 6.45) is 3.05. The maximum atomic E-state index is 12.5. The molecule has 2 amide bonds. The van der Waals surface area contributed by atoms with Crippen LogP contribution in [0.4, 0.5) is 5.69 Å². The highest BCUT2D eigenvalue weighted by atomic mass is 16.2. The minimum Gasteiger partial charge on any atom is -0.369 e. The quantitative estimate of drug-likeness (QED) is 0.632. The minimum absolute atomic E-state index is 0.0833. The number of nitrogens with one attached hydrogen (secondary N) is 1. The van der Waals surface area contributed by atoms with Crippen molar-refractivity contribution in [1.82, 2.24) is 14.5 Å². The van der Waals surface area contributed by atoms with E-state index in [1.54, 1.807) is 12.1 Å². The Morgan fingerprint density at radius 2 is 1.90 bits per heavy atom. The van der Waals surface area contributed by atoms with Gasteiger partial charge in [-0.25, -0.2) is 4.98 Å². The predicted molar refractivity (Wildman–Crippen MR) is 118 cm³/mol. The van der Waals surface area contributed by atoms with Crippen LogP contribution in [0.1, 0.15) is 18.4 Å². The van der Waals surface area contributed by atoms with Crippen LogP contribution in [0.15, 0.2) is 59.5 Å². The van der Waals surface area contributed by atoms with Crippen LogP contribution < -0.4 is 16.6 Å². The number of rotatable bonds is 6. The number of hydrogen-bond acceptors (Lipinski definition) is 5. The predicted octanol–water partition coefficient (Wildman–Crippen LogP) is 1.73. The van der Waals surface area contributed by atoms with Gasteiger partial charge < -0.3 is 11.1 Å². The number of benzene rings is 2. The number of carbonyl (C=O) groups excluding carboxylic acids is 2. The number of fused-ring (bicyclic) bond motifs is 1. The van der Waals surface area contributed by atoms with Crippen molar-refractivity contribution < 1.29 is 9.59 Å². The van der Waals surface area contributed by atoms with Crippen LogP contribution in [0.3, 0.4) is 0 Å². The summed E-state index contributed by atoms with van der Waals surface area (Å²) in [6, 6.07) is 14.8. The summed E-state index contributed by atoms with van der Waals surface area (Å²) in [7, 11) is 0. The molecule has 8 nitrogen and oxygen atoms in total. The van der Waals surface area contributed by atoms with Crippen molar-refractivity contribution in [3.05, 3.63) is 70.6 Å². The summed E-state index contributed by atoms with van der Waals surface area (Å²) in [5, 5.41) is 2.84. The number of likely N-dealkylation sites (tertiary alicyclic amines) is 1. The average Bonchev–Trinajstić information content (AvgIpc) is 2.77. The van der Waals surface area contributed by atoms with Gasteiger partial charge >= 0.3 is 0 Å². The molecule has 3 N–H and O–H groups in total. The molecular weight excluding hydrogens is 394 g/mol. The number of nitrogens with two attached hydrogens (primary N) is 1. The lowest BCUT2D eigenvalue weighted by atomic mass is 9.97. The van der Waals surface area contributed by atoms with Gasteiger partial charge in [-0.15, -0.1) is 0 Å². The first-order chi connectivity index (χ1) is 15.0. The SMILES string of the molecule is NC(=O)C1CCCN(Cc2ccc(NC(=O)Cn3c(=O)cnc4ccccc43)cc2)C1. The van der Waals surface area contributed by atoms with Crippen LogP contribution in [0.2, 0.25) is 0 Å². The molecule has 1 aliphatic rings. The number of primary amides is 1. The summed E-state index contributed by atoms with van der Waals surface area (Å²) < 4.78 is 1.41. The second kappa shape index (κ2) is 9.09. The standard InChI is InChI=1S/C23H25N5O3/c24-23(31)17-4-3-11-27(14-17)13-16-7-9-18(10-8-16)26-21(29)15-28-20-6-2-1-5-19(20)25-12-22(28)30/h1-2,5-10,12,17H,3-4,11,13-15H2,(H2,24,31)(H,26,29). The van der Waals surface area contributed by atoms with Crippen LogP contribution in [0.25, 0.3) is 11.0 Å². The fourth-order valence-corrected chi connectivity index (χ4v) is 4.01. The molecule has 3 aromatic rings. The van der Waals surface area contributed by atoms with E-state index in [-0.39, 0.29) is 29.8 Å². The van der Waals surface area contributed by atoms with E-state index in [4.69, 9.17) is 5.73 Å². The zero-order chi connectivity index (χ0) is 21.8. The Bertz CT molecular complexity index is 1160. The fraction of sp³-hybridized carbons (Fsp3) is 0.304. The number of aromatic nitrogens is 2. The van der Waals surface area contributed by atoms with E-state index in [1.165, 1.54) is 10.8 Å². The van der Waals surface area contributed by atoms with Crippen LogP contribution in [-0.4, -0.2) is 39.4 Å². The summed E-state index contributed by atoms with van der Waals surface area (Å²) in [4.78, 5) is 42.5. The lowest BCUT2D eigenvalue weighted by Gasteiger charge is -2.31. The molecule has 1 fully saturated rings. The number of hydrogen-bond donors (Lipinski definition) is 2. The highest BCUT2D eigenvalue weighted by Crippen LogP contribution is 2.19. The smallest absolute Gasteiger partial charge is 0.269 e. The maximum Gasteiger partial charge on any atom is 0.269 e. The average molecular weight is 419 g/mol. The Kier molecular flexibility index (Phi) is 6.08. The second-order valence-electron chi connectivity index (χ2n) is 7.89. The molecule has 2 heterocycles. The van der Waals surface area contributed by atoms with Crippen molar-refractivity contribution >= 4 is 28.5 Å². The van der Waals surface area contributed by atoms with Crippen molar-refractivity contribution in [2.24, 2.45) is 11.7 Å². The van der Waals surface area contributed by atoms with Gasteiger partial charge in [-0.05, 0) is 49.2 Å². The van der Waals surface area contributed by atoms with Crippen LogP contribution in [-0.2, 0) is 22.7 Å². The molecular formula is C23H25N5O3. The van der Waals surface area contributed by atoms with E-state index in [1.807, 2.05) is 36.4 Å².